The standard InChI is InChI=1S/C19H30N4O5S/c1-13-4-6-19(7-5-13)17(25)23(18(26)21-19)10-16(24)20-14-11-29(27,28)12-15(14)22-8-2-3-9-22/h13-15H,2-12H2,1H3,(H,20,24)(H,21,26). The Balaban J connectivity index is 1.40. The van der Waals surface area contributed by atoms with Crippen LogP contribution in [0.25, 0.3) is 0 Å². The van der Waals surface area contributed by atoms with Crippen molar-refractivity contribution in [2.24, 2.45) is 5.92 Å². The van der Waals surface area contributed by atoms with E-state index in [0.717, 1.165) is 43.7 Å². The molecule has 29 heavy (non-hydrogen) atoms. The second-order valence-electron chi connectivity index (χ2n) is 9.15. The Morgan fingerprint density at radius 1 is 1.17 bits per heavy atom. The van der Waals surface area contributed by atoms with E-state index in [-0.39, 0.29) is 30.0 Å². The quantitative estimate of drug-likeness (QED) is 0.605. The first-order chi connectivity index (χ1) is 13.7. The number of carbonyl (C=O) groups excluding carboxylic acids is 3. The Kier molecular flexibility index (Phi) is 5.35. The van der Waals surface area contributed by atoms with E-state index in [2.05, 4.69) is 22.5 Å². The molecule has 3 aliphatic heterocycles. The molecule has 4 amide bonds. The van der Waals surface area contributed by atoms with E-state index >= 15 is 0 Å². The number of hydrogen-bond donors (Lipinski definition) is 2. The molecule has 1 spiro atoms. The molecule has 4 fully saturated rings. The van der Waals surface area contributed by atoms with Crippen LogP contribution in [0.2, 0.25) is 0 Å². The Labute approximate surface area is 171 Å². The molecule has 0 aromatic rings. The van der Waals surface area contributed by atoms with E-state index in [1.807, 2.05) is 0 Å². The van der Waals surface area contributed by atoms with Gasteiger partial charge in [0.25, 0.3) is 5.91 Å². The summed E-state index contributed by atoms with van der Waals surface area (Å²) < 4.78 is 24.3. The van der Waals surface area contributed by atoms with Crippen molar-refractivity contribution in [3.63, 3.8) is 0 Å². The van der Waals surface area contributed by atoms with Gasteiger partial charge in [0, 0.05) is 6.04 Å². The van der Waals surface area contributed by atoms with Crippen LogP contribution in [0.3, 0.4) is 0 Å². The zero-order valence-electron chi connectivity index (χ0n) is 16.9. The molecule has 4 aliphatic rings. The molecule has 3 heterocycles. The molecule has 1 aliphatic carbocycles. The summed E-state index contributed by atoms with van der Waals surface area (Å²) >= 11 is 0. The topological polar surface area (TPSA) is 116 Å². The summed E-state index contributed by atoms with van der Waals surface area (Å²) in [4.78, 5) is 41.1. The van der Waals surface area contributed by atoms with Crippen LogP contribution in [0.5, 0.6) is 0 Å². The fourth-order valence-electron chi connectivity index (χ4n) is 5.21. The van der Waals surface area contributed by atoms with Crippen LogP contribution < -0.4 is 10.6 Å². The molecular formula is C19H30N4O5S. The lowest BCUT2D eigenvalue weighted by molar-refractivity contribution is -0.136. The van der Waals surface area contributed by atoms with Crippen LogP contribution in [-0.2, 0) is 19.4 Å². The highest BCUT2D eigenvalue weighted by Crippen LogP contribution is 2.36. The minimum absolute atomic E-state index is 0.0440. The third-order valence-corrected chi connectivity index (χ3v) is 8.67. The fraction of sp³-hybridized carbons (Fsp3) is 0.842. The van der Waals surface area contributed by atoms with Crippen LogP contribution >= 0.6 is 0 Å². The van der Waals surface area contributed by atoms with Gasteiger partial charge < -0.3 is 10.6 Å². The number of sulfone groups is 1. The molecule has 0 aromatic heterocycles. The number of imide groups is 1. The number of nitrogens with one attached hydrogen (secondary N) is 2. The summed E-state index contributed by atoms with van der Waals surface area (Å²) in [6.07, 6.45) is 4.97. The molecule has 1 saturated carbocycles. The zero-order chi connectivity index (χ0) is 20.8. The van der Waals surface area contributed by atoms with Gasteiger partial charge >= 0.3 is 6.03 Å². The molecule has 4 rings (SSSR count). The SMILES string of the molecule is CC1CCC2(CC1)NC(=O)N(CC(=O)NC1CS(=O)(=O)CC1N1CCCC1)C2=O. The lowest BCUT2D eigenvalue weighted by atomic mass is 9.77. The van der Waals surface area contributed by atoms with E-state index in [1.54, 1.807) is 0 Å². The number of urea groups is 1. The monoisotopic (exact) mass is 426 g/mol. The van der Waals surface area contributed by atoms with E-state index in [1.165, 1.54) is 0 Å². The average Bonchev–Trinajstić information content (AvgIpc) is 3.33. The van der Waals surface area contributed by atoms with Gasteiger partial charge in [-0.3, -0.25) is 19.4 Å². The zero-order valence-corrected chi connectivity index (χ0v) is 17.7. The van der Waals surface area contributed by atoms with Gasteiger partial charge in [0.15, 0.2) is 9.84 Å². The van der Waals surface area contributed by atoms with Gasteiger partial charge in [-0.2, -0.15) is 0 Å². The summed E-state index contributed by atoms with van der Waals surface area (Å²) in [7, 11) is -3.22. The number of carbonyl (C=O) groups is 3. The van der Waals surface area contributed by atoms with Crippen LogP contribution in [-0.4, -0.2) is 84.8 Å². The van der Waals surface area contributed by atoms with Crippen molar-refractivity contribution < 1.29 is 22.8 Å². The normalized spacial score (nSPS) is 37.3. The van der Waals surface area contributed by atoms with Gasteiger partial charge in [0.1, 0.15) is 12.1 Å². The number of amides is 4. The molecule has 9 nitrogen and oxygen atoms in total. The minimum Gasteiger partial charge on any atom is -0.349 e. The maximum atomic E-state index is 12.9. The molecule has 162 valence electrons. The first-order valence-electron chi connectivity index (χ1n) is 10.6. The Morgan fingerprint density at radius 3 is 2.48 bits per heavy atom. The van der Waals surface area contributed by atoms with Crippen molar-refractivity contribution in [3.8, 4) is 0 Å². The first kappa shape index (κ1) is 20.6. The molecule has 0 radical (unpaired) electrons. The fourth-order valence-corrected chi connectivity index (χ4v) is 7.16. The lowest BCUT2D eigenvalue weighted by Crippen LogP contribution is -2.53. The Morgan fingerprint density at radius 2 is 1.83 bits per heavy atom. The summed E-state index contributed by atoms with van der Waals surface area (Å²) in [5.74, 6) is -0.347. The van der Waals surface area contributed by atoms with Crippen molar-refractivity contribution in [2.45, 2.75) is 63.1 Å². The second-order valence-corrected chi connectivity index (χ2v) is 11.3. The molecule has 10 heteroatoms. The summed E-state index contributed by atoms with van der Waals surface area (Å²) in [6.45, 7) is 3.43. The molecule has 2 N–H and O–H groups in total. The van der Waals surface area contributed by atoms with Gasteiger partial charge in [0.2, 0.25) is 5.91 Å². The number of rotatable bonds is 4. The second kappa shape index (κ2) is 7.54. The van der Waals surface area contributed by atoms with Gasteiger partial charge in [0.05, 0.1) is 17.5 Å². The van der Waals surface area contributed by atoms with Crippen molar-refractivity contribution >= 4 is 27.7 Å². The molecule has 0 bridgehead atoms. The summed E-state index contributed by atoms with van der Waals surface area (Å²) in [5.41, 5.74) is -0.876. The van der Waals surface area contributed by atoms with Crippen molar-refractivity contribution in [3.05, 3.63) is 0 Å². The highest BCUT2D eigenvalue weighted by molar-refractivity contribution is 7.91. The van der Waals surface area contributed by atoms with Gasteiger partial charge in [-0.25, -0.2) is 13.2 Å². The third kappa shape index (κ3) is 4.01. The highest BCUT2D eigenvalue weighted by Gasteiger charge is 2.52. The summed E-state index contributed by atoms with van der Waals surface area (Å²) in [6, 6.07) is -1.27. The van der Waals surface area contributed by atoms with Crippen LogP contribution in [0, 0.1) is 5.92 Å². The van der Waals surface area contributed by atoms with Crippen LogP contribution in [0.15, 0.2) is 0 Å². The van der Waals surface area contributed by atoms with E-state index in [9.17, 15) is 22.8 Å². The van der Waals surface area contributed by atoms with Crippen molar-refractivity contribution in [1.82, 2.24) is 20.4 Å². The molecular weight excluding hydrogens is 396 g/mol. The molecule has 0 aromatic carbocycles. The van der Waals surface area contributed by atoms with Crippen LogP contribution in [0.4, 0.5) is 4.79 Å². The maximum absolute atomic E-state index is 12.9. The molecule has 3 saturated heterocycles. The van der Waals surface area contributed by atoms with E-state index in [4.69, 9.17) is 0 Å². The predicted octanol–water partition coefficient (Wildman–Crippen LogP) is -0.135. The first-order valence-corrected chi connectivity index (χ1v) is 12.4. The minimum atomic E-state index is -3.22. The molecule has 2 atom stereocenters. The summed E-state index contributed by atoms with van der Waals surface area (Å²) in [5, 5.41) is 5.60. The smallest absolute Gasteiger partial charge is 0.325 e. The van der Waals surface area contributed by atoms with Gasteiger partial charge in [-0.1, -0.05) is 6.92 Å². The Bertz CT molecular complexity index is 799. The lowest BCUT2D eigenvalue weighted by Gasteiger charge is -2.33. The highest BCUT2D eigenvalue weighted by atomic mass is 32.2. The van der Waals surface area contributed by atoms with Crippen molar-refractivity contribution in [2.75, 3.05) is 31.1 Å². The van der Waals surface area contributed by atoms with E-state index < -0.39 is 33.4 Å². The number of nitrogens with zero attached hydrogens (tertiary/aromatic N) is 2. The maximum Gasteiger partial charge on any atom is 0.325 e. The Hall–Kier alpha value is -1.68. The van der Waals surface area contributed by atoms with Gasteiger partial charge in [-0.15, -0.1) is 0 Å². The average molecular weight is 427 g/mol. The number of likely N-dealkylation sites (tertiary alicyclic amines) is 1. The molecule has 2 unspecified atom stereocenters. The number of hydrogen-bond acceptors (Lipinski definition) is 6. The van der Waals surface area contributed by atoms with Gasteiger partial charge in [-0.05, 0) is 57.5 Å². The third-order valence-electron chi connectivity index (χ3n) is 6.95. The van der Waals surface area contributed by atoms with Crippen molar-refractivity contribution in [1.29, 1.82) is 0 Å². The largest absolute Gasteiger partial charge is 0.349 e. The van der Waals surface area contributed by atoms with Crippen LogP contribution in [0.1, 0.15) is 45.4 Å². The van der Waals surface area contributed by atoms with E-state index in [0.29, 0.717) is 18.8 Å². The predicted molar refractivity (Wildman–Crippen MR) is 106 cm³/mol.